The summed E-state index contributed by atoms with van der Waals surface area (Å²) in [7, 11) is 0. The Balaban J connectivity index is 1.60. The fraction of sp³-hybridized carbons (Fsp3) is 0.478. The molecule has 1 fully saturated rings. The molecule has 2 aromatic heterocycles. The largest absolute Gasteiger partial charge is 0.337 e. The van der Waals surface area contributed by atoms with Crippen molar-refractivity contribution in [3.05, 3.63) is 23.9 Å². The fourth-order valence-electron chi connectivity index (χ4n) is 4.79. The summed E-state index contributed by atoms with van der Waals surface area (Å²) in [5.74, 6) is 0.925. The van der Waals surface area contributed by atoms with Crippen LogP contribution in [-0.2, 0) is 15.0 Å². The van der Waals surface area contributed by atoms with Crippen LogP contribution in [0.5, 0.6) is 0 Å². The molecule has 31 heavy (non-hydrogen) atoms. The average molecular weight is 421 g/mol. The van der Waals surface area contributed by atoms with E-state index in [9.17, 15) is 9.59 Å². The van der Waals surface area contributed by atoms with E-state index in [4.69, 9.17) is 4.98 Å². The minimum Gasteiger partial charge on any atom is -0.337 e. The summed E-state index contributed by atoms with van der Waals surface area (Å²) >= 11 is 0. The van der Waals surface area contributed by atoms with Crippen molar-refractivity contribution in [1.29, 1.82) is 0 Å². The van der Waals surface area contributed by atoms with Gasteiger partial charge in [0.05, 0.1) is 34.0 Å². The number of nitrogens with one attached hydrogen (secondary N) is 3. The highest BCUT2D eigenvalue weighted by molar-refractivity contribution is 6.10. The van der Waals surface area contributed by atoms with Crippen LogP contribution in [0.25, 0.3) is 22.6 Å². The molecule has 3 aromatic rings. The fourth-order valence-corrected chi connectivity index (χ4v) is 4.79. The predicted molar refractivity (Wildman–Crippen MR) is 120 cm³/mol. The standard InChI is InChI=1S/C23H28N6O2/c1-5-23(6-2)14-9-15-16(10-18(14)29(12(3)4)22(23)31)26-20(25-15)19-17(11-24-28-19)27-21(30)13-7-8-13/h9-13H,5-8H2,1-4H3,(H,24,28)(H,25,26)(H,27,30). The van der Waals surface area contributed by atoms with Gasteiger partial charge in [-0.3, -0.25) is 14.7 Å². The van der Waals surface area contributed by atoms with Crippen molar-refractivity contribution >= 4 is 34.2 Å². The number of fused-ring (bicyclic) bond motifs is 2. The zero-order valence-corrected chi connectivity index (χ0v) is 18.4. The lowest BCUT2D eigenvalue weighted by Crippen LogP contribution is -2.42. The van der Waals surface area contributed by atoms with Crippen LogP contribution in [0.1, 0.15) is 58.9 Å². The van der Waals surface area contributed by atoms with Gasteiger partial charge in [-0.25, -0.2) is 4.98 Å². The zero-order chi connectivity index (χ0) is 21.9. The van der Waals surface area contributed by atoms with Gasteiger partial charge >= 0.3 is 0 Å². The number of H-pyrrole nitrogens is 2. The first kappa shape index (κ1) is 19.8. The molecule has 1 aliphatic heterocycles. The monoisotopic (exact) mass is 420 g/mol. The molecule has 5 rings (SSSR count). The Kier molecular flexibility index (Phi) is 4.42. The lowest BCUT2D eigenvalue weighted by Gasteiger charge is -2.27. The van der Waals surface area contributed by atoms with Gasteiger partial charge in [0.1, 0.15) is 5.69 Å². The van der Waals surface area contributed by atoms with Crippen LogP contribution in [0, 0.1) is 5.92 Å². The number of anilines is 2. The quantitative estimate of drug-likeness (QED) is 0.558. The van der Waals surface area contributed by atoms with Gasteiger partial charge in [-0.2, -0.15) is 5.10 Å². The molecule has 0 bridgehead atoms. The van der Waals surface area contributed by atoms with Gasteiger partial charge in [0.25, 0.3) is 0 Å². The first-order valence-corrected chi connectivity index (χ1v) is 11.1. The molecule has 2 amide bonds. The Morgan fingerprint density at radius 1 is 1.29 bits per heavy atom. The molecule has 0 unspecified atom stereocenters. The normalized spacial score (nSPS) is 17.6. The van der Waals surface area contributed by atoms with Gasteiger partial charge in [-0.05, 0) is 57.2 Å². The summed E-state index contributed by atoms with van der Waals surface area (Å²) in [6.45, 7) is 8.25. The van der Waals surface area contributed by atoms with Crippen LogP contribution in [0.15, 0.2) is 18.3 Å². The molecule has 1 aliphatic carbocycles. The second-order valence-corrected chi connectivity index (χ2v) is 8.95. The Morgan fingerprint density at radius 3 is 2.68 bits per heavy atom. The van der Waals surface area contributed by atoms with Crippen molar-refractivity contribution in [2.24, 2.45) is 5.92 Å². The second kappa shape index (κ2) is 6.93. The van der Waals surface area contributed by atoms with E-state index in [-0.39, 0.29) is 23.8 Å². The number of carbonyl (C=O) groups is 2. The van der Waals surface area contributed by atoms with E-state index in [1.807, 2.05) is 24.8 Å². The number of aromatic nitrogens is 4. The van der Waals surface area contributed by atoms with Crippen LogP contribution in [0.3, 0.4) is 0 Å². The molecule has 0 radical (unpaired) electrons. The average Bonchev–Trinajstić information content (AvgIpc) is 3.28. The van der Waals surface area contributed by atoms with Gasteiger partial charge in [0, 0.05) is 12.0 Å². The highest BCUT2D eigenvalue weighted by Crippen LogP contribution is 2.48. The molecule has 3 heterocycles. The van der Waals surface area contributed by atoms with Crippen molar-refractivity contribution in [2.75, 3.05) is 10.2 Å². The Hall–Kier alpha value is -3.16. The molecule has 8 nitrogen and oxygen atoms in total. The first-order chi connectivity index (χ1) is 14.9. The van der Waals surface area contributed by atoms with E-state index >= 15 is 0 Å². The highest BCUT2D eigenvalue weighted by Gasteiger charge is 2.49. The summed E-state index contributed by atoms with van der Waals surface area (Å²) in [4.78, 5) is 35.6. The molecular weight excluding hydrogens is 392 g/mol. The molecule has 0 spiro atoms. The maximum atomic E-state index is 13.4. The number of aromatic amines is 2. The number of rotatable bonds is 6. The smallest absolute Gasteiger partial charge is 0.237 e. The number of carbonyl (C=O) groups excluding carboxylic acids is 2. The van der Waals surface area contributed by atoms with Gasteiger partial charge in [-0.15, -0.1) is 0 Å². The van der Waals surface area contributed by atoms with Crippen LogP contribution >= 0.6 is 0 Å². The van der Waals surface area contributed by atoms with Gasteiger partial charge in [0.2, 0.25) is 11.8 Å². The van der Waals surface area contributed by atoms with E-state index < -0.39 is 5.41 Å². The van der Waals surface area contributed by atoms with Crippen LogP contribution in [0.4, 0.5) is 11.4 Å². The van der Waals surface area contributed by atoms with E-state index in [1.54, 1.807) is 6.20 Å². The van der Waals surface area contributed by atoms with E-state index in [1.165, 1.54) is 0 Å². The van der Waals surface area contributed by atoms with E-state index in [0.29, 0.717) is 17.2 Å². The maximum absolute atomic E-state index is 13.4. The first-order valence-electron chi connectivity index (χ1n) is 11.1. The molecule has 2 aliphatic rings. The summed E-state index contributed by atoms with van der Waals surface area (Å²) in [6.07, 6.45) is 5.00. The summed E-state index contributed by atoms with van der Waals surface area (Å²) in [5, 5.41) is 10.0. The van der Waals surface area contributed by atoms with Crippen molar-refractivity contribution in [3.63, 3.8) is 0 Å². The minimum atomic E-state index is -0.504. The van der Waals surface area contributed by atoms with Gasteiger partial charge < -0.3 is 15.2 Å². The zero-order valence-electron chi connectivity index (χ0n) is 18.4. The third-order valence-electron chi connectivity index (χ3n) is 6.81. The lowest BCUT2D eigenvalue weighted by atomic mass is 9.77. The molecule has 8 heteroatoms. The summed E-state index contributed by atoms with van der Waals surface area (Å²) < 4.78 is 0. The van der Waals surface area contributed by atoms with Crippen LogP contribution < -0.4 is 10.2 Å². The Bertz CT molecular complexity index is 1180. The topological polar surface area (TPSA) is 107 Å². The molecule has 3 N–H and O–H groups in total. The molecule has 0 saturated heterocycles. The SMILES string of the molecule is CCC1(CC)C(=O)N(C(C)C)c2cc3nc(-c4[nH]ncc4NC(=O)C4CC4)[nH]c3cc21. The van der Waals surface area contributed by atoms with E-state index in [0.717, 1.165) is 48.0 Å². The minimum absolute atomic E-state index is 0.0273. The van der Waals surface area contributed by atoms with Gasteiger partial charge in [-0.1, -0.05) is 13.8 Å². The maximum Gasteiger partial charge on any atom is 0.237 e. The van der Waals surface area contributed by atoms with Gasteiger partial charge in [0.15, 0.2) is 5.82 Å². The van der Waals surface area contributed by atoms with Crippen molar-refractivity contribution in [3.8, 4) is 11.5 Å². The molecule has 1 aromatic carbocycles. The van der Waals surface area contributed by atoms with E-state index in [2.05, 4.69) is 40.4 Å². The Labute approximate surface area is 180 Å². The highest BCUT2D eigenvalue weighted by atomic mass is 16.2. The number of hydrogen-bond donors (Lipinski definition) is 3. The van der Waals surface area contributed by atoms with Crippen LogP contribution in [0.2, 0.25) is 0 Å². The number of nitrogens with zero attached hydrogens (tertiary/aromatic N) is 3. The summed E-state index contributed by atoms with van der Waals surface area (Å²) in [5.41, 5.74) is 4.43. The second-order valence-electron chi connectivity index (χ2n) is 8.95. The van der Waals surface area contributed by atoms with Crippen LogP contribution in [-0.4, -0.2) is 38.0 Å². The predicted octanol–water partition coefficient (Wildman–Crippen LogP) is 4.11. The molecule has 162 valence electrons. The van der Waals surface area contributed by atoms with Crippen molar-refractivity contribution in [2.45, 2.75) is 64.8 Å². The third-order valence-corrected chi connectivity index (χ3v) is 6.81. The van der Waals surface area contributed by atoms with Crippen molar-refractivity contribution < 1.29 is 9.59 Å². The summed E-state index contributed by atoms with van der Waals surface area (Å²) in [6, 6.07) is 4.15. The third kappa shape index (κ3) is 2.88. The molecular formula is C23H28N6O2. The number of amides is 2. The number of imidazole rings is 1. The Morgan fingerprint density at radius 2 is 2.03 bits per heavy atom. The molecule has 0 atom stereocenters. The number of hydrogen-bond acceptors (Lipinski definition) is 4. The lowest BCUT2D eigenvalue weighted by molar-refractivity contribution is -0.123. The molecule has 1 saturated carbocycles. The van der Waals surface area contributed by atoms with Crippen molar-refractivity contribution in [1.82, 2.24) is 20.2 Å². The number of benzene rings is 1.